The summed E-state index contributed by atoms with van der Waals surface area (Å²) in [6, 6.07) is 5.26. The lowest BCUT2D eigenvalue weighted by Gasteiger charge is -2.06. The van der Waals surface area contributed by atoms with Crippen LogP contribution < -0.4 is 0 Å². The minimum absolute atomic E-state index is 0.133. The van der Waals surface area contributed by atoms with Gasteiger partial charge >= 0.3 is 0 Å². The van der Waals surface area contributed by atoms with Gasteiger partial charge in [-0.15, -0.1) is 0 Å². The molecule has 0 unspecified atom stereocenters. The van der Waals surface area contributed by atoms with E-state index in [9.17, 15) is 4.39 Å². The van der Waals surface area contributed by atoms with Gasteiger partial charge in [-0.1, -0.05) is 38.7 Å². The van der Waals surface area contributed by atoms with Crippen LogP contribution in [0.25, 0.3) is 0 Å². The molecule has 0 aliphatic heterocycles. The summed E-state index contributed by atoms with van der Waals surface area (Å²) in [5, 5.41) is 0. The van der Waals surface area contributed by atoms with Crippen molar-refractivity contribution in [1.82, 2.24) is 0 Å². The molecule has 0 saturated heterocycles. The second-order valence-corrected chi connectivity index (χ2v) is 4.06. The zero-order chi connectivity index (χ0) is 11.3. The summed E-state index contributed by atoms with van der Waals surface area (Å²) in [4.78, 5) is 0. The van der Waals surface area contributed by atoms with Gasteiger partial charge in [-0.3, -0.25) is 0 Å². The number of hydrogen-bond acceptors (Lipinski definition) is 0. The number of rotatable bonds is 2. The van der Waals surface area contributed by atoms with Crippen molar-refractivity contribution < 1.29 is 4.39 Å². The summed E-state index contributed by atoms with van der Waals surface area (Å²) in [6.07, 6.45) is 1.59. The van der Waals surface area contributed by atoms with Crippen LogP contribution in [0, 0.1) is 23.6 Å². The minimum Gasteiger partial charge on any atom is -0.207 e. The first-order valence-electron chi connectivity index (χ1n) is 5.40. The quantitative estimate of drug-likeness (QED) is 0.643. The Morgan fingerprint density at radius 3 is 2.60 bits per heavy atom. The van der Waals surface area contributed by atoms with E-state index < -0.39 is 0 Å². The molecule has 1 aromatic rings. The number of halogens is 1. The summed E-state index contributed by atoms with van der Waals surface area (Å²) in [7, 11) is 0. The molecular weight excluding hydrogens is 187 g/mol. The van der Waals surface area contributed by atoms with Gasteiger partial charge in [-0.05, 0) is 30.0 Å². The summed E-state index contributed by atoms with van der Waals surface area (Å²) < 4.78 is 13.6. The fraction of sp³-hybridized carbons (Fsp3) is 0.429. The number of hydrogen-bond donors (Lipinski definition) is 0. The monoisotopic (exact) mass is 204 g/mol. The molecule has 0 amide bonds. The van der Waals surface area contributed by atoms with Crippen molar-refractivity contribution in [2.24, 2.45) is 5.92 Å². The van der Waals surface area contributed by atoms with Crippen LogP contribution in [0.1, 0.15) is 38.3 Å². The van der Waals surface area contributed by atoms with Gasteiger partial charge in [0.25, 0.3) is 0 Å². The molecule has 0 aliphatic carbocycles. The SMILES string of the molecule is CCC#Cc1ccc(CC(C)C)c(F)c1. The second kappa shape index (κ2) is 5.56. The van der Waals surface area contributed by atoms with Gasteiger partial charge in [0.15, 0.2) is 0 Å². The highest BCUT2D eigenvalue weighted by molar-refractivity contribution is 5.37. The Labute approximate surface area is 91.5 Å². The van der Waals surface area contributed by atoms with Gasteiger partial charge in [0, 0.05) is 12.0 Å². The summed E-state index contributed by atoms with van der Waals surface area (Å²) in [5.74, 6) is 6.21. The molecule has 1 aromatic carbocycles. The Morgan fingerprint density at radius 2 is 2.07 bits per heavy atom. The predicted molar refractivity (Wildman–Crippen MR) is 62.1 cm³/mol. The van der Waals surface area contributed by atoms with E-state index in [4.69, 9.17) is 0 Å². The number of benzene rings is 1. The first-order chi connectivity index (χ1) is 7.13. The van der Waals surface area contributed by atoms with Crippen molar-refractivity contribution in [3.05, 3.63) is 35.1 Å². The Bertz CT molecular complexity index is 380. The van der Waals surface area contributed by atoms with Gasteiger partial charge in [-0.2, -0.15) is 0 Å². The van der Waals surface area contributed by atoms with Crippen molar-refractivity contribution in [2.45, 2.75) is 33.6 Å². The molecular formula is C14H17F. The van der Waals surface area contributed by atoms with E-state index in [0.717, 1.165) is 24.0 Å². The zero-order valence-electron chi connectivity index (χ0n) is 9.60. The molecule has 0 nitrogen and oxygen atoms in total. The third-order valence-electron chi connectivity index (χ3n) is 2.09. The van der Waals surface area contributed by atoms with Crippen LogP contribution in [0.4, 0.5) is 4.39 Å². The molecule has 15 heavy (non-hydrogen) atoms. The van der Waals surface area contributed by atoms with E-state index >= 15 is 0 Å². The molecule has 0 N–H and O–H groups in total. The van der Waals surface area contributed by atoms with Crippen molar-refractivity contribution >= 4 is 0 Å². The van der Waals surface area contributed by atoms with E-state index in [0.29, 0.717) is 5.92 Å². The lowest BCUT2D eigenvalue weighted by molar-refractivity contribution is 0.574. The molecule has 80 valence electrons. The molecule has 0 fully saturated rings. The maximum Gasteiger partial charge on any atom is 0.127 e. The van der Waals surface area contributed by atoms with Gasteiger partial charge in [0.2, 0.25) is 0 Å². The molecule has 0 saturated carbocycles. The first-order valence-corrected chi connectivity index (χ1v) is 5.40. The maximum absolute atomic E-state index is 13.6. The largest absolute Gasteiger partial charge is 0.207 e. The van der Waals surface area contributed by atoms with Crippen LogP contribution in [-0.2, 0) is 6.42 Å². The smallest absolute Gasteiger partial charge is 0.127 e. The summed E-state index contributed by atoms with van der Waals surface area (Å²) in [5.41, 5.74) is 1.55. The lowest BCUT2D eigenvalue weighted by Crippen LogP contribution is -1.97. The predicted octanol–water partition coefficient (Wildman–Crippen LogP) is 3.79. The van der Waals surface area contributed by atoms with Crippen LogP contribution in [-0.4, -0.2) is 0 Å². The molecule has 0 radical (unpaired) electrons. The highest BCUT2D eigenvalue weighted by Gasteiger charge is 2.04. The van der Waals surface area contributed by atoms with Crippen molar-refractivity contribution in [3.8, 4) is 11.8 Å². The van der Waals surface area contributed by atoms with Crippen LogP contribution in [0.3, 0.4) is 0 Å². The van der Waals surface area contributed by atoms with Crippen LogP contribution in [0.5, 0.6) is 0 Å². The van der Waals surface area contributed by atoms with E-state index in [1.807, 2.05) is 19.1 Å². The van der Waals surface area contributed by atoms with Crippen LogP contribution in [0.15, 0.2) is 18.2 Å². The third kappa shape index (κ3) is 3.75. The summed E-state index contributed by atoms with van der Waals surface area (Å²) in [6.45, 7) is 6.16. The van der Waals surface area contributed by atoms with Crippen molar-refractivity contribution in [2.75, 3.05) is 0 Å². The second-order valence-electron chi connectivity index (χ2n) is 4.06. The molecule has 0 aromatic heterocycles. The molecule has 0 atom stereocenters. The molecule has 0 bridgehead atoms. The molecule has 0 spiro atoms. The normalized spacial score (nSPS) is 9.93. The minimum atomic E-state index is -0.133. The van der Waals surface area contributed by atoms with E-state index in [1.165, 1.54) is 6.07 Å². The van der Waals surface area contributed by atoms with Crippen molar-refractivity contribution in [3.63, 3.8) is 0 Å². The molecule has 0 heterocycles. The van der Waals surface area contributed by atoms with Crippen LogP contribution >= 0.6 is 0 Å². The van der Waals surface area contributed by atoms with Gasteiger partial charge in [-0.25, -0.2) is 4.39 Å². The Kier molecular flexibility index (Phi) is 4.37. The van der Waals surface area contributed by atoms with Crippen molar-refractivity contribution in [1.29, 1.82) is 0 Å². The molecule has 1 heteroatoms. The average molecular weight is 204 g/mol. The average Bonchev–Trinajstić information content (AvgIpc) is 2.18. The standard InChI is InChI=1S/C14H17F/c1-4-5-6-12-7-8-13(9-11(2)3)14(15)10-12/h7-8,10-11H,4,9H2,1-3H3. The fourth-order valence-corrected chi connectivity index (χ4v) is 1.42. The third-order valence-corrected chi connectivity index (χ3v) is 2.09. The van der Waals surface area contributed by atoms with Gasteiger partial charge < -0.3 is 0 Å². The van der Waals surface area contributed by atoms with Gasteiger partial charge in [0.1, 0.15) is 5.82 Å². The van der Waals surface area contributed by atoms with Gasteiger partial charge in [0.05, 0.1) is 0 Å². The summed E-state index contributed by atoms with van der Waals surface area (Å²) >= 11 is 0. The lowest BCUT2D eigenvalue weighted by atomic mass is 10.0. The Balaban J connectivity index is 2.88. The van der Waals surface area contributed by atoms with E-state index in [-0.39, 0.29) is 5.82 Å². The highest BCUT2D eigenvalue weighted by atomic mass is 19.1. The molecule has 0 aliphatic rings. The maximum atomic E-state index is 13.6. The van der Waals surface area contributed by atoms with Crippen LogP contribution in [0.2, 0.25) is 0 Å². The Hall–Kier alpha value is -1.29. The first kappa shape index (κ1) is 11.8. The Morgan fingerprint density at radius 1 is 1.33 bits per heavy atom. The fourth-order valence-electron chi connectivity index (χ4n) is 1.42. The van der Waals surface area contributed by atoms with E-state index in [1.54, 1.807) is 0 Å². The zero-order valence-corrected chi connectivity index (χ0v) is 9.60. The molecule has 1 rings (SSSR count). The highest BCUT2D eigenvalue weighted by Crippen LogP contribution is 2.14. The van der Waals surface area contributed by atoms with E-state index in [2.05, 4.69) is 25.7 Å². The topological polar surface area (TPSA) is 0 Å².